The number of nitrogens with two attached hydrogens (primary N) is 1. The Morgan fingerprint density at radius 1 is 1.60 bits per heavy atom. The largest absolute Gasteiger partial charge is 0.335 e. The van der Waals surface area contributed by atoms with Crippen molar-refractivity contribution in [3.8, 4) is 0 Å². The van der Waals surface area contributed by atoms with Crippen LogP contribution in [0, 0.1) is 5.41 Å². The average molecular weight is 213 g/mol. The Labute approximate surface area is 92.2 Å². The van der Waals surface area contributed by atoms with E-state index in [1.165, 1.54) is 0 Å². The quantitative estimate of drug-likeness (QED) is 0.739. The van der Waals surface area contributed by atoms with Crippen LogP contribution in [-0.2, 0) is 0 Å². The molecule has 3 N–H and O–H groups in total. The molecule has 0 aromatic rings. The molecule has 1 rings (SSSR count). The maximum absolute atomic E-state index is 11.8. The first-order valence-electron chi connectivity index (χ1n) is 5.45. The van der Waals surface area contributed by atoms with Crippen molar-refractivity contribution in [2.24, 2.45) is 11.1 Å². The van der Waals surface area contributed by atoms with E-state index in [0.717, 1.165) is 6.42 Å². The second-order valence-electron chi connectivity index (χ2n) is 5.77. The third-order valence-electron chi connectivity index (χ3n) is 3.52. The van der Waals surface area contributed by atoms with E-state index in [1.54, 1.807) is 11.9 Å². The van der Waals surface area contributed by atoms with Gasteiger partial charge in [-0.3, -0.25) is 0 Å². The van der Waals surface area contributed by atoms with Gasteiger partial charge in [0.25, 0.3) is 0 Å². The van der Waals surface area contributed by atoms with E-state index in [1.807, 2.05) is 13.8 Å². The average Bonchev–Trinajstić information content (AvgIpc) is 2.72. The van der Waals surface area contributed by atoms with Gasteiger partial charge >= 0.3 is 6.03 Å². The molecule has 4 heteroatoms. The molecule has 0 spiro atoms. The number of carbonyl (C=O) groups excluding carboxylic acids is 1. The summed E-state index contributed by atoms with van der Waals surface area (Å²) >= 11 is 0. The van der Waals surface area contributed by atoms with Gasteiger partial charge in [0, 0.05) is 19.6 Å². The van der Waals surface area contributed by atoms with Crippen molar-refractivity contribution < 1.29 is 4.79 Å². The Hall–Kier alpha value is -0.770. The fourth-order valence-corrected chi connectivity index (χ4v) is 1.37. The van der Waals surface area contributed by atoms with Crippen LogP contribution in [0.4, 0.5) is 4.79 Å². The van der Waals surface area contributed by atoms with Crippen LogP contribution >= 0.6 is 0 Å². The van der Waals surface area contributed by atoms with Gasteiger partial charge in [0.2, 0.25) is 0 Å². The molecule has 1 atom stereocenters. The predicted octanol–water partition coefficient (Wildman–Crippen LogP) is 1.16. The van der Waals surface area contributed by atoms with Gasteiger partial charge < -0.3 is 16.0 Å². The minimum absolute atomic E-state index is 0.0268. The molecule has 0 saturated heterocycles. The van der Waals surface area contributed by atoms with Crippen molar-refractivity contribution in [3.05, 3.63) is 0 Å². The third-order valence-corrected chi connectivity index (χ3v) is 3.52. The Morgan fingerprint density at radius 3 is 2.40 bits per heavy atom. The summed E-state index contributed by atoms with van der Waals surface area (Å²) in [6, 6.07) is 0.294. The molecule has 15 heavy (non-hydrogen) atoms. The first kappa shape index (κ1) is 12.3. The number of carbonyl (C=O) groups is 1. The minimum Gasteiger partial charge on any atom is -0.335 e. The lowest BCUT2D eigenvalue weighted by Gasteiger charge is -2.34. The van der Waals surface area contributed by atoms with Crippen LogP contribution in [0.25, 0.3) is 0 Å². The summed E-state index contributed by atoms with van der Waals surface area (Å²) < 4.78 is 0. The van der Waals surface area contributed by atoms with E-state index in [0.29, 0.717) is 12.6 Å². The molecular weight excluding hydrogens is 190 g/mol. The SMILES string of the molecule is CN(C(=O)NC1CC1(C)C)C(C)(C)CN. The van der Waals surface area contributed by atoms with Crippen molar-refractivity contribution in [1.82, 2.24) is 10.2 Å². The number of hydrogen-bond donors (Lipinski definition) is 2. The normalized spacial score (nSPS) is 23.5. The van der Waals surface area contributed by atoms with Crippen LogP contribution in [0.3, 0.4) is 0 Å². The van der Waals surface area contributed by atoms with Gasteiger partial charge in [0.05, 0.1) is 5.54 Å². The fraction of sp³-hybridized carbons (Fsp3) is 0.909. The van der Waals surface area contributed by atoms with Crippen LogP contribution in [-0.4, -0.2) is 36.1 Å². The van der Waals surface area contributed by atoms with Crippen LogP contribution in [0.15, 0.2) is 0 Å². The summed E-state index contributed by atoms with van der Waals surface area (Å²) in [5.74, 6) is 0. The van der Waals surface area contributed by atoms with E-state index in [2.05, 4.69) is 19.2 Å². The molecule has 88 valence electrons. The molecule has 1 aliphatic carbocycles. The molecule has 1 fully saturated rings. The van der Waals surface area contributed by atoms with Crippen LogP contribution in [0.1, 0.15) is 34.1 Å². The van der Waals surface area contributed by atoms with E-state index >= 15 is 0 Å². The number of nitrogens with one attached hydrogen (secondary N) is 1. The summed E-state index contributed by atoms with van der Waals surface area (Å²) in [4.78, 5) is 13.5. The van der Waals surface area contributed by atoms with Gasteiger partial charge in [-0.2, -0.15) is 0 Å². The van der Waals surface area contributed by atoms with Crippen molar-refractivity contribution in [1.29, 1.82) is 0 Å². The lowest BCUT2D eigenvalue weighted by molar-refractivity contribution is 0.158. The standard InChI is InChI=1S/C11H23N3O/c1-10(2)6-8(10)13-9(15)14(5)11(3,4)7-12/h8H,6-7,12H2,1-5H3,(H,13,15). The Kier molecular flexibility index (Phi) is 3.01. The second-order valence-corrected chi connectivity index (χ2v) is 5.77. The van der Waals surface area contributed by atoms with E-state index in [-0.39, 0.29) is 17.0 Å². The molecular formula is C11H23N3O. The Balaban J connectivity index is 2.48. The third kappa shape index (κ3) is 2.62. The minimum atomic E-state index is -0.289. The van der Waals surface area contributed by atoms with Gasteiger partial charge in [-0.15, -0.1) is 0 Å². The molecule has 2 amide bonds. The van der Waals surface area contributed by atoms with Crippen LogP contribution in [0.2, 0.25) is 0 Å². The molecule has 0 heterocycles. The fourth-order valence-electron chi connectivity index (χ4n) is 1.37. The summed E-state index contributed by atoms with van der Waals surface area (Å²) in [5.41, 5.74) is 5.60. The van der Waals surface area contributed by atoms with Gasteiger partial charge in [-0.05, 0) is 25.7 Å². The van der Waals surface area contributed by atoms with E-state index in [9.17, 15) is 4.79 Å². The molecule has 0 bridgehead atoms. The summed E-state index contributed by atoms with van der Waals surface area (Å²) in [6.07, 6.45) is 1.07. The number of hydrogen-bond acceptors (Lipinski definition) is 2. The van der Waals surface area contributed by atoms with Gasteiger partial charge in [0.15, 0.2) is 0 Å². The Bertz CT molecular complexity index is 261. The molecule has 4 nitrogen and oxygen atoms in total. The molecule has 0 aliphatic heterocycles. The summed E-state index contributed by atoms with van der Waals surface area (Å²) in [5, 5.41) is 3.02. The van der Waals surface area contributed by atoms with Crippen molar-refractivity contribution in [2.45, 2.75) is 45.7 Å². The van der Waals surface area contributed by atoms with E-state index < -0.39 is 0 Å². The lowest BCUT2D eigenvalue weighted by Crippen LogP contribution is -2.54. The topological polar surface area (TPSA) is 58.4 Å². The highest BCUT2D eigenvalue weighted by Gasteiger charge is 2.47. The molecule has 1 saturated carbocycles. The molecule has 0 aromatic carbocycles. The zero-order valence-corrected chi connectivity index (χ0v) is 10.4. The predicted molar refractivity (Wildman–Crippen MR) is 61.6 cm³/mol. The highest BCUT2D eigenvalue weighted by atomic mass is 16.2. The zero-order valence-electron chi connectivity index (χ0n) is 10.4. The summed E-state index contributed by atoms with van der Waals surface area (Å²) in [6.45, 7) is 8.71. The maximum atomic E-state index is 11.8. The van der Waals surface area contributed by atoms with E-state index in [4.69, 9.17) is 5.73 Å². The smallest absolute Gasteiger partial charge is 0.317 e. The van der Waals surface area contributed by atoms with Crippen molar-refractivity contribution in [3.63, 3.8) is 0 Å². The van der Waals surface area contributed by atoms with Gasteiger partial charge in [-0.25, -0.2) is 4.79 Å². The number of nitrogens with zero attached hydrogens (tertiary/aromatic N) is 1. The first-order valence-corrected chi connectivity index (χ1v) is 5.45. The first-order chi connectivity index (χ1) is 6.70. The zero-order chi connectivity index (χ0) is 11.9. The Morgan fingerprint density at radius 2 is 2.07 bits per heavy atom. The molecule has 1 aliphatic rings. The second kappa shape index (κ2) is 3.67. The molecule has 1 unspecified atom stereocenters. The van der Waals surface area contributed by atoms with Crippen molar-refractivity contribution in [2.75, 3.05) is 13.6 Å². The molecule has 0 radical (unpaired) electrons. The highest BCUT2D eigenvalue weighted by Crippen LogP contribution is 2.44. The number of rotatable bonds is 3. The number of urea groups is 1. The van der Waals surface area contributed by atoms with Crippen LogP contribution in [0.5, 0.6) is 0 Å². The number of amides is 2. The summed E-state index contributed by atoms with van der Waals surface area (Å²) in [7, 11) is 1.79. The maximum Gasteiger partial charge on any atom is 0.317 e. The highest BCUT2D eigenvalue weighted by molar-refractivity contribution is 5.75. The van der Waals surface area contributed by atoms with Crippen molar-refractivity contribution >= 4 is 6.03 Å². The molecule has 0 aromatic heterocycles. The monoisotopic (exact) mass is 213 g/mol. The number of likely N-dealkylation sites (N-methyl/N-ethyl adjacent to an activating group) is 1. The van der Waals surface area contributed by atoms with Crippen LogP contribution < -0.4 is 11.1 Å². The lowest BCUT2D eigenvalue weighted by atomic mass is 10.0. The van der Waals surface area contributed by atoms with Gasteiger partial charge in [-0.1, -0.05) is 13.8 Å². The van der Waals surface area contributed by atoms with Gasteiger partial charge in [0.1, 0.15) is 0 Å².